The summed E-state index contributed by atoms with van der Waals surface area (Å²) in [7, 11) is 0. The summed E-state index contributed by atoms with van der Waals surface area (Å²) in [6.45, 7) is 4.09. The fourth-order valence-corrected chi connectivity index (χ4v) is 3.68. The van der Waals surface area contributed by atoms with Crippen molar-refractivity contribution in [3.8, 4) is 5.69 Å². The zero-order valence-corrected chi connectivity index (χ0v) is 15.5. The quantitative estimate of drug-likeness (QED) is 0.719. The molecule has 5 heteroatoms. The number of anilines is 1. The highest BCUT2D eigenvalue weighted by Crippen LogP contribution is 2.38. The number of carbonyl (C=O) groups is 1. The van der Waals surface area contributed by atoms with E-state index in [1.165, 1.54) is 5.56 Å². The Hall–Kier alpha value is -2.59. The topological polar surface area (TPSA) is 46.9 Å². The molecule has 0 saturated carbocycles. The van der Waals surface area contributed by atoms with E-state index < -0.39 is 0 Å². The molecular weight excluding hydrogens is 346 g/mol. The first-order valence-corrected chi connectivity index (χ1v) is 9.18. The summed E-state index contributed by atoms with van der Waals surface area (Å²) >= 11 is 6.27. The van der Waals surface area contributed by atoms with E-state index in [0.717, 1.165) is 34.6 Å². The number of amides is 1. The SMILES string of the molecule is CCc1ccc(C2CC(=O)Nc3c2cnn3-c2cccc(Cl)c2C)cc1. The fraction of sp³-hybridized carbons (Fsp3) is 0.238. The van der Waals surface area contributed by atoms with E-state index in [-0.39, 0.29) is 11.8 Å². The number of aryl methyl sites for hydroxylation is 1. The van der Waals surface area contributed by atoms with E-state index in [1.807, 2.05) is 31.3 Å². The first-order chi connectivity index (χ1) is 12.6. The molecular formula is C21H20ClN3O. The van der Waals surface area contributed by atoms with Gasteiger partial charge in [0.2, 0.25) is 5.91 Å². The molecule has 1 aliphatic rings. The summed E-state index contributed by atoms with van der Waals surface area (Å²) in [5.74, 6) is 0.748. The molecule has 1 unspecified atom stereocenters. The summed E-state index contributed by atoms with van der Waals surface area (Å²) < 4.78 is 1.78. The van der Waals surface area contributed by atoms with E-state index >= 15 is 0 Å². The van der Waals surface area contributed by atoms with E-state index in [9.17, 15) is 4.79 Å². The predicted octanol–water partition coefficient (Wildman–Crippen LogP) is 4.87. The Labute approximate surface area is 157 Å². The Morgan fingerprint density at radius 1 is 1.23 bits per heavy atom. The molecule has 1 amide bonds. The van der Waals surface area contributed by atoms with Crippen LogP contribution >= 0.6 is 11.6 Å². The smallest absolute Gasteiger partial charge is 0.226 e. The van der Waals surface area contributed by atoms with Gasteiger partial charge in [0, 0.05) is 22.9 Å². The minimum Gasteiger partial charge on any atom is -0.310 e. The second kappa shape index (κ2) is 6.61. The van der Waals surface area contributed by atoms with Gasteiger partial charge in [0.1, 0.15) is 5.82 Å². The maximum Gasteiger partial charge on any atom is 0.226 e. The lowest BCUT2D eigenvalue weighted by Gasteiger charge is -2.24. The molecule has 1 N–H and O–H groups in total. The van der Waals surface area contributed by atoms with Gasteiger partial charge >= 0.3 is 0 Å². The van der Waals surface area contributed by atoms with E-state index in [0.29, 0.717) is 11.4 Å². The highest BCUT2D eigenvalue weighted by atomic mass is 35.5. The van der Waals surface area contributed by atoms with Gasteiger partial charge in [-0.2, -0.15) is 5.10 Å². The first kappa shape index (κ1) is 16.9. The Morgan fingerprint density at radius 3 is 2.73 bits per heavy atom. The van der Waals surface area contributed by atoms with Crippen LogP contribution in [0.3, 0.4) is 0 Å². The van der Waals surface area contributed by atoms with Crippen molar-refractivity contribution in [2.24, 2.45) is 0 Å². The molecule has 2 aromatic carbocycles. The van der Waals surface area contributed by atoms with Crippen molar-refractivity contribution in [1.82, 2.24) is 9.78 Å². The van der Waals surface area contributed by atoms with Crippen LogP contribution in [0.2, 0.25) is 5.02 Å². The van der Waals surface area contributed by atoms with E-state index in [4.69, 9.17) is 11.6 Å². The third-order valence-corrected chi connectivity index (χ3v) is 5.49. The van der Waals surface area contributed by atoms with Crippen LogP contribution in [0, 0.1) is 6.92 Å². The fourth-order valence-electron chi connectivity index (χ4n) is 3.51. The molecule has 0 bridgehead atoms. The number of hydrogen-bond donors (Lipinski definition) is 1. The summed E-state index contributed by atoms with van der Waals surface area (Å²) in [6, 6.07) is 14.2. The van der Waals surface area contributed by atoms with Crippen molar-refractivity contribution in [3.05, 3.63) is 75.9 Å². The van der Waals surface area contributed by atoms with Crippen molar-refractivity contribution < 1.29 is 4.79 Å². The van der Waals surface area contributed by atoms with Crippen molar-refractivity contribution in [2.45, 2.75) is 32.6 Å². The molecule has 0 aliphatic carbocycles. The van der Waals surface area contributed by atoms with Gasteiger partial charge in [0.15, 0.2) is 0 Å². The standard InChI is InChI=1S/C21H20ClN3O/c1-3-14-7-9-15(10-8-14)16-11-20(26)24-21-17(16)12-23-25(21)19-6-4-5-18(22)13(19)2/h4-10,12,16H,3,11H2,1-2H3,(H,24,26). The molecule has 26 heavy (non-hydrogen) atoms. The number of halogens is 1. The Kier molecular flexibility index (Phi) is 4.29. The van der Waals surface area contributed by atoms with Gasteiger partial charge in [0.05, 0.1) is 11.9 Å². The minimum absolute atomic E-state index is 0.00324. The molecule has 3 aromatic rings. The molecule has 1 aliphatic heterocycles. The van der Waals surface area contributed by atoms with Gasteiger partial charge < -0.3 is 5.32 Å². The third-order valence-electron chi connectivity index (χ3n) is 5.08. The summed E-state index contributed by atoms with van der Waals surface area (Å²) in [5, 5.41) is 8.23. The van der Waals surface area contributed by atoms with Crippen LogP contribution < -0.4 is 5.32 Å². The minimum atomic E-state index is 0.00324. The molecule has 0 radical (unpaired) electrons. The van der Waals surface area contributed by atoms with Crippen molar-refractivity contribution in [1.29, 1.82) is 0 Å². The number of carbonyl (C=O) groups excluding carboxylic acids is 1. The lowest BCUT2D eigenvalue weighted by atomic mass is 9.87. The first-order valence-electron chi connectivity index (χ1n) is 8.80. The molecule has 132 valence electrons. The molecule has 0 saturated heterocycles. The summed E-state index contributed by atoms with van der Waals surface area (Å²) in [5.41, 5.74) is 5.28. The molecule has 1 aromatic heterocycles. The lowest BCUT2D eigenvalue weighted by Crippen LogP contribution is -2.24. The lowest BCUT2D eigenvalue weighted by molar-refractivity contribution is -0.116. The number of nitrogens with zero attached hydrogens (tertiary/aromatic N) is 2. The van der Waals surface area contributed by atoms with Crippen LogP contribution in [0.5, 0.6) is 0 Å². The number of hydrogen-bond acceptors (Lipinski definition) is 2. The second-order valence-electron chi connectivity index (χ2n) is 6.64. The van der Waals surface area contributed by atoms with Crippen molar-refractivity contribution in [3.63, 3.8) is 0 Å². The molecule has 2 heterocycles. The molecule has 4 rings (SSSR count). The summed E-state index contributed by atoms with van der Waals surface area (Å²) in [4.78, 5) is 12.4. The molecule has 1 atom stereocenters. The van der Waals surface area contributed by atoms with Gasteiger partial charge in [-0.3, -0.25) is 4.79 Å². The molecule has 4 nitrogen and oxygen atoms in total. The van der Waals surface area contributed by atoms with E-state index in [2.05, 4.69) is 41.6 Å². The summed E-state index contributed by atoms with van der Waals surface area (Å²) in [6.07, 6.45) is 3.29. The van der Waals surface area contributed by atoms with Gasteiger partial charge in [-0.1, -0.05) is 48.9 Å². The Balaban J connectivity index is 1.81. The number of nitrogens with one attached hydrogen (secondary N) is 1. The van der Waals surface area contributed by atoms with Crippen molar-refractivity contribution in [2.75, 3.05) is 5.32 Å². The highest BCUT2D eigenvalue weighted by Gasteiger charge is 2.30. The van der Waals surface area contributed by atoms with Crippen LogP contribution in [0.15, 0.2) is 48.7 Å². The number of aromatic nitrogens is 2. The van der Waals surface area contributed by atoms with Crippen molar-refractivity contribution >= 4 is 23.3 Å². The van der Waals surface area contributed by atoms with Gasteiger partial charge in [-0.05, 0) is 42.2 Å². The second-order valence-corrected chi connectivity index (χ2v) is 7.05. The zero-order valence-electron chi connectivity index (χ0n) is 14.8. The van der Waals surface area contributed by atoms with Crippen LogP contribution in [0.1, 0.15) is 41.5 Å². The zero-order chi connectivity index (χ0) is 18.3. The average molecular weight is 366 g/mol. The van der Waals surface area contributed by atoms with Crippen LogP contribution in [-0.2, 0) is 11.2 Å². The van der Waals surface area contributed by atoms with Crippen LogP contribution in [0.25, 0.3) is 5.69 Å². The monoisotopic (exact) mass is 365 g/mol. The average Bonchev–Trinajstić information content (AvgIpc) is 3.07. The predicted molar refractivity (Wildman–Crippen MR) is 104 cm³/mol. The highest BCUT2D eigenvalue weighted by molar-refractivity contribution is 6.31. The van der Waals surface area contributed by atoms with Gasteiger partial charge in [-0.25, -0.2) is 4.68 Å². The van der Waals surface area contributed by atoms with E-state index in [1.54, 1.807) is 4.68 Å². The number of rotatable bonds is 3. The number of benzene rings is 2. The Morgan fingerprint density at radius 2 is 2.00 bits per heavy atom. The Bertz CT molecular complexity index is 975. The molecule has 0 fully saturated rings. The molecule has 0 spiro atoms. The maximum absolute atomic E-state index is 12.4. The normalized spacial score (nSPS) is 16.3. The van der Waals surface area contributed by atoms with Gasteiger partial charge in [0.25, 0.3) is 0 Å². The largest absolute Gasteiger partial charge is 0.310 e. The van der Waals surface area contributed by atoms with Gasteiger partial charge in [-0.15, -0.1) is 0 Å². The number of fused-ring (bicyclic) bond motifs is 1. The van der Waals surface area contributed by atoms with Crippen LogP contribution in [-0.4, -0.2) is 15.7 Å². The maximum atomic E-state index is 12.4. The van der Waals surface area contributed by atoms with Crippen LogP contribution in [0.4, 0.5) is 5.82 Å². The third kappa shape index (κ3) is 2.80.